The standard InChI is InChI=1S/C19H20F2N2O4/c1-11(2)17(24)22-13-5-7-14(8-6-13)23-18(25)12-4-9-15(27-19(20)21)16(10-12)26-3/h4-11,19H,1-3H3,(H,22,24)(H,23,25). The van der Waals surface area contributed by atoms with Crippen LogP contribution in [0.1, 0.15) is 24.2 Å². The van der Waals surface area contributed by atoms with Gasteiger partial charge in [-0.05, 0) is 42.5 Å². The molecule has 2 aromatic rings. The number of amides is 2. The summed E-state index contributed by atoms with van der Waals surface area (Å²) in [5, 5.41) is 5.42. The van der Waals surface area contributed by atoms with E-state index in [9.17, 15) is 18.4 Å². The lowest BCUT2D eigenvalue weighted by Crippen LogP contribution is -2.17. The van der Waals surface area contributed by atoms with Gasteiger partial charge in [-0.25, -0.2) is 0 Å². The molecule has 0 aromatic heterocycles. The third-order valence-corrected chi connectivity index (χ3v) is 3.58. The van der Waals surface area contributed by atoms with Crippen molar-refractivity contribution >= 4 is 23.2 Å². The molecule has 0 radical (unpaired) electrons. The summed E-state index contributed by atoms with van der Waals surface area (Å²) in [6, 6.07) is 10.5. The van der Waals surface area contributed by atoms with Gasteiger partial charge < -0.3 is 20.1 Å². The number of benzene rings is 2. The molecule has 0 aliphatic carbocycles. The number of nitrogens with one attached hydrogen (secondary N) is 2. The summed E-state index contributed by atoms with van der Waals surface area (Å²) in [6.45, 7) is 0.583. The number of anilines is 2. The fourth-order valence-electron chi connectivity index (χ4n) is 2.13. The van der Waals surface area contributed by atoms with Gasteiger partial charge in [0.05, 0.1) is 7.11 Å². The molecule has 2 rings (SSSR count). The quantitative estimate of drug-likeness (QED) is 0.759. The number of ether oxygens (including phenoxy) is 2. The third-order valence-electron chi connectivity index (χ3n) is 3.58. The molecule has 0 unspecified atom stereocenters. The minimum Gasteiger partial charge on any atom is -0.493 e. The Morgan fingerprint density at radius 3 is 2.04 bits per heavy atom. The monoisotopic (exact) mass is 378 g/mol. The molecule has 0 fully saturated rings. The summed E-state index contributed by atoms with van der Waals surface area (Å²) in [6.07, 6.45) is 0. The lowest BCUT2D eigenvalue weighted by molar-refractivity contribution is -0.118. The third kappa shape index (κ3) is 5.67. The fraction of sp³-hybridized carbons (Fsp3) is 0.263. The molecule has 0 spiro atoms. The second-order valence-electron chi connectivity index (χ2n) is 5.92. The molecule has 0 aliphatic heterocycles. The number of rotatable bonds is 7. The summed E-state index contributed by atoms with van der Waals surface area (Å²) in [7, 11) is 1.29. The number of halogens is 2. The first-order valence-electron chi connectivity index (χ1n) is 8.15. The van der Waals surface area contributed by atoms with E-state index in [1.165, 1.54) is 25.3 Å². The van der Waals surface area contributed by atoms with Crippen LogP contribution in [0, 0.1) is 5.92 Å². The van der Waals surface area contributed by atoms with E-state index >= 15 is 0 Å². The molecular formula is C19H20F2N2O4. The first-order valence-corrected chi connectivity index (χ1v) is 8.15. The number of methoxy groups -OCH3 is 1. The van der Waals surface area contributed by atoms with E-state index in [2.05, 4.69) is 15.4 Å². The van der Waals surface area contributed by atoms with Crippen molar-refractivity contribution in [3.8, 4) is 11.5 Å². The smallest absolute Gasteiger partial charge is 0.387 e. The minimum atomic E-state index is -2.99. The van der Waals surface area contributed by atoms with E-state index in [1.54, 1.807) is 38.1 Å². The molecule has 2 amide bonds. The SMILES string of the molecule is COc1cc(C(=O)Nc2ccc(NC(=O)C(C)C)cc2)ccc1OC(F)F. The molecule has 8 heteroatoms. The van der Waals surface area contributed by atoms with E-state index in [-0.39, 0.29) is 28.9 Å². The van der Waals surface area contributed by atoms with Crippen LogP contribution in [0.4, 0.5) is 20.2 Å². The number of hydrogen-bond acceptors (Lipinski definition) is 4. The van der Waals surface area contributed by atoms with Gasteiger partial charge >= 0.3 is 6.61 Å². The van der Waals surface area contributed by atoms with Gasteiger partial charge in [-0.15, -0.1) is 0 Å². The molecule has 27 heavy (non-hydrogen) atoms. The Kier molecular flexibility index (Phi) is 6.70. The summed E-state index contributed by atoms with van der Waals surface area (Å²) in [5.41, 5.74) is 1.34. The average molecular weight is 378 g/mol. The van der Waals surface area contributed by atoms with Crippen molar-refractivity contribution in [2.75, 3.05) is 17.7 Å². The number of carbonyl (C=O) groups is 2. The van der Waals surface area contributed by atoms with Gasteiger partial charge in [0.2, 0.25) is 5.91 Å². The zero-order chi connectivity index (χ0) is 20.0. The second kappa shape index (κ2) is 8.98. The molecule has 0 aliphatic rings. The maximum absolute atomic E-state index is 12.4. The molecule has 0 heterocycles. The van der Waals surface area contributed by atoms with Gasteiger partial charge in [0.25, 0.3) is 5.91 Å². The number of alkyl halides is 2. The first-order chi connectivity index (χ1) is 12.8. The molecule has 6 nitrogen and oxygen atoms in total. The molecular weight excluding hydrogens is 358 g/mol. The molecule has 0 saturated carbocycles. The van der Waals surface area contributed by atoms with Crippen molar-refractivity contribution in [1.29, 1.82) is 0 Å². The summed E-state index contributed by atoms with van der Waals surface area (Å²) in [4.78, 5) is 24.0. The normalized spacial score (nSPS) is 10.6. The molecule has 0 saturated heterocycles. The predicted octanol–water partition coefficient (Wildman–Crippen LogP) is 4.14. The maximum Gasteiger partial charge on any atom is 0.387 e. The van der Waals surface area contributed by atoms with Crippen molar-refractivity contribution in [2.45, 2.75) is 20.5 Å². The van der Waals surface area contributed by atoms with Crippen molar-refractivity contribution in [2.24, 2.45) is 5.92 Å². The Morgan fingerprint density at radius 2 is 1.52 bits per heavy atom. The molecule has 2 N–H and O–H groups in total. The molecule has 0 bridgehead atoms. The van der Waals surface area contributed by atoms with Crippen LogP contribution in [0.5, 0.6) is 11.5 Å². The van der Waals surface area contributed by atoms with Crippen LogP contribution >= 0.6 is 0 Å². The summed E-state index contributed by atoms with van der Waals surface area (Å²) >= 11 is 0. The van der Waals surface area contributed by atoms with Crippen molar-refractivity contribution in [1.82, 2.24) is 0 Å². The highest BCUT2D eigenvalue weighted by molar-refractivity contribution is 6.04. The van der Waals surface area contributed by atoms with Crippen molar-refractivity contribution < 1.29 is 27.8 Å². The van der Waals surface area contributed by atoms with Gasteiger partial charge in [0, 0.05) is 22.9 Å². The van der Waals surface area contributed by atoms with Crippen LogP contribution in [0.15, 0.2) is 42.5 Å². The van der Waals surface area contributed by atoms with Gasteiger partial charge in [-0.1, -0.05) is 13.8 Å². The average Bonchev–Trinajstić information content (AvgIpc) is 2.63. The zero-order valence-electron chi connectivity index (χ0n) is 15.1. The van der Waals surface area contributed by atoms with E-state index in [4.69, 9.17) is 4.74 Å². The maximum atomic E-state index is 12.4. The van der Waals surface area contributed by atoms with E-state index in [0.29, 0.717) is 11.4 Å². The largest absolute Gasteiger partial charge is 0.493 e. The summed E-state index contributed by atoms with van der Waals surface area (Å²) in [5.74, 6) is -0.832. The Morgan fingerprint density at radius 1 is 0.926 bits per heavy atom. The van der Waals surface area contributed by atoms with Crippen LogP contribution in [0.2, 0.25) is 0 Å². The van der Waals surface area contributed by atoms with Crippen LogP contribution in [-0.4, -0.2) is 25.5 Å². The number of carbonyl (C=O) groups excluding carboxylic acids is 2. The minimum absolute atomic E-state index is 0.0229. The number of hydrogen-bond donors (Lipinski definition) is 2. The predicted molar refractivity (Wildman–Crippen MR) is 97.5 cm³/mol. The van der Waals surface area contributed by atoms with Crippen LogP contribution in [0.3, 0.4) is 0 Å². The van der Waals surface area contributed by atoms with E-state index < -0.39 is 12.5 Å². The van der Waals surface area contributed by atoms with Crippen LogP contribution in [0.25, 0.3) is 0 Å². The topological polar surface area (TPSA) is 76.7 Å². The fourth-order valence-corrected chi connectivity index (χ4v) is 2.13. The Labute approximate surface area is 155 Å². The van der Waals surface area contributed by atoms with Crippen molar-refractivity contribution in [3.05, 3.63) is 48.0 Å². The Balaban J connectivity index is 2.07. The highest BCUT2D eigenvalue weighted by Crippen LogP contribution is 2.29. The van der Waals surface area contributed by atoms with Gasteiger partial charge in [-0.2, -0.15) is 8.78 Å². The highest BCUT2D eigenvalue weighted by atomic mass is 19.3. The highest BCUT2D eigenvalue weighted by Gasteiger charge is 2.14. The van der Waals surface area contributed by atoms with Gasteiger partial charge in [-0.3, -0.25) is 9.59 Å². The molecule has 144 valence electrons. The second-order valence-corrected chi connectivity index (χ2v) is 5.92. The summed E-state index contributed by atoms with van der Waals surface area (Å²) < 4.78 is 34.0. The van der Waals surface area contributed by atoms with E-state index in [1.807, 2.05) is 0 Å². The Hall–Kier alpha value is -3.16. The lowest BCUT2D eigenvalue weighted by atomic mass is 10.1. The van der Waals surface area contributed by atoms with Gasteiger partial charge in [0.1, 0.15) is 0 Å². The van der Waals surface area contributed by atoms with Crippen molar-refractivity contribution in [3.63, 3.8) is 0 Å². The lowest BCUT2D eigenvalue weighted by Gasteiger charge is -2.12. The van der Waals surface area contributed by atoms with Gasteiger partial charge in [0.15, 0.2) is 11.5 Å². The molecule has 0 atom stereocenters. The zero-order valence-corrected chi connectivity index (χ0v) is 15.1. The van der Waals surface area contributed by atoms with E-state index in [0.717, 1.165) is 0 Å². The Bertz CT molecular complexity index is 808. The van der Waals surface area contributed by atoms with Crippen LogP contribution < -0.4 is 20.1 Å². The molecule has 2 aromatic carbocycles. The first kappa shape index (κ1) is 20.2. The van der Waals surface area contributed by atoms with Crippen LogP contribution in [-0.2, 0) is 4.79 Å².